The molecule has 0 saturated carbocycles. The number of esters is 1. The van der Waals surface area contributed by atoms with Crippen molar-refractivity contribution in [1.82, 2.24) is 9.80 Å². The zero-order valence-corrected chi connectivity index (χ0v) is 14.5. The maximum atomic E-state index is 12.6. The third-order valence-electron chi connectivity index (χ3n) is 4.19. The first-order chi connectivity index (χ1) is 11.8. The van der Waals surface area contributed by atoms with E-state index in [0.717, 1.165) is 9.80 Å². The van der Waals surface area contributed by atoms with Crippen molar-refractivity contribution in [2.45, 2.75) is 25.4 Å². The number of amides is 3. The van der Waals surface area contributed by atoms with Gasteiger partial charge in [0.05, 0.1) is 18.2 Å². The number of nitrogens with zero attached hydrogens (tertiary/aromatic N) is 2. The number of imide groups is 1. The molecular formula is C17H15ClN2O5. The molecule has 3 amide bonds. The van der Waals surface area contributed by atoms with E-state index in [9.17, 15) is 19.2 Å². The molecule has 0 aromatic heterocycles. The molecular weight excluding hydrogens is 348 g/mol. The molecule has 0 bridgehead atoms. The monoisotopic (exact) mass is 362 g/mol. The van der Waals surface area contributed by atoms with E-state index in [1.54, 1.807) is 26.0 Å². The van der Waals surface area contributed by atoms with Crippen LogP contribution in [0.25, 0.3) is 0 Å². The van der Waals surface area contributed by atoms with Crippen LogP contribution in [0.15, 0.2) is 35.5 Å². The number of halogens is 1. The lowest BCUT2D eigenvalue weighted by atomic mass is 10.0. The van der Waals surface area contributed by atoms with E-state index >= 15 is 0 Å². The molecule has 0 aliphatic carbocycles. The van der Waals surface area contributed by atoms with Crippen LogP contribution in [0.4, 0.5) is 0 Å². The number of carbonyl (C=O) groups excluding carboxylic acids is 4. The summed E-state index contributed by atoms with van der Waals surface area (Å²) in [5, 5.41) is 0. The molecule has 2 aliphatic rings. The van der Waals surface area contributed by atoms with Gasteiger partial charge in [0.2, 0.25) is 0 Å². The molecule has 1 fully saturated rings. The Morgan fingerprint density at radius 3 is 2.00 bits per heavy atom. The Morgan fingerprint density at radius 2 is 1.60 bits per heavy atom. The van der Waals surface area contributed by atoms with E-state index in [2.05, 4.69) is 4.74 Å². The second-order valence-corrected chi connectivity index (χ2v) is 6.34. The maximum absolute atomic E-state index is 12.6. The summed E-state index contributed by atoms with van der Waals surface area (Å²) >= 11 is 6.29. The molecule has 1 unspecified atom stereocenters. The zero-order valence-electron chi connectivity index (χ0n) is 13.8. The largest absolute Gasteiger partial charge is 0.464 e. The lowest BCUT2D eigenvalue weighted by molar-refractivity contribution is -0.153. The molecule has 1 aromatic carbocycles. The number of likely N-dealkylation sites (tertiary alicyclic amines) is 1. The van der Waals surface area contributed by atoms with Crippen molar-refractivity contribution in [3.63, 3.8) is 0 Å². The number of alkyl halides is 1. The van der Waals surface area contributed by atoms with Gasteiger partial charge in [-0.15, -0.1) is 0 Å². The summed E-state index contributed by atoms with van der Waals surface area (Å²) in [6, 6.07) is 5.16. The molecule has 0 radical (unpaired) electrons. The van der Waals surface area contributed by atoms with E-state index in [1.807, 2.05) is 0 Å². The molecule has 7 nitrogen and oxygen atoms in total. The second-order valence-electron chi connectivity index (χ2n) is 5.89. The molecule has 2 atom stereocenters. The van der Waals surface area contributed by atoms with Gasteiger partial charge in [-0.1, -0.05) is 23.7 Å². The number of carbonyl (C=O) groups is 4. The van der Waals surface area contributed by atoms with Crippen LogP contribution in [0.5, 0.6) is 0 Å². The van der Waals surface area contributed by atoms with Crippen LogP contribution < -0.4 is 0 Å². The Hall–Kier alpha value is -2.67. The summed E-state index contributed by atoms with van der Waals surface area (Å²) in [4.78, 5) is 51.5. The average Bonchev–Trinajstić information content (AvgIpc) is 2.84. The number of methoxy groups -OCH3 is 1. The average molecular weight is 363 g/mol. The highest BCUT2D eigenvalue weighted by molar-refractivity contribution is 6.30. The van der Waals surface area contributed by atoms with Crippen molar-refractivity contribution in [1.29, 1.82) is 0 Å². The molecule has 8 heteroatoms. The number of fused-ring (bicyclic) bond motifs is 1. The molecule has 2 aliphatic heterocycles. The molecule has 1 saturated heterocycles. The molecule has 3 rings (SSSR count). The van der Waals surface area contributed by atoms with Gasteiger partial charge in [0.15, 0.2) is 6.04 Å². The summed E-state index contributed by atoms with van der Waals surface area (Å²) in [5.74, 6) is -2.45. The van der Waals surface area contributed by atoms with Gasteiger partial charge in [-0.3, -0.25) is 24.2 Å². The molecule has 2 heterocycles. The molecule has 130 valence electrons. The molecule has 0 spiro atoms. The number of hydrogen-bond donors (Lipinski definition) is 0. The van der Waals surface area contributed by atoms with Crippen molar-refractivity contribution in [2.75, 3.05) is 7.11 Å². The third-order valence-corrected chi connectivity index (χ3v) is 4.63. The zero-order chi connectivity index (χ0) is 18.5. The van der Waals surface area contributed by atoms with Crippen molar-refractivity contribution < 1.29 is 23.9 Å². The van der Waals surface area contributed by atoms with Crippen molar-refractivity contribution in [3.05, 3.63) is 46.7 Å². The normalized spacial score (nSPS) is 21.8. The Balaban J connectivity index is 1.92. The van der Waals surface area contributed by atoms with Crippen LogP contribution >= 0.6 is 11.6 Å². The van der Waals surface area contributed by atoms with Crippen LogP contribution in [0.2, 0.25) is 0 Å². The summed E-state index contributed by atoms with van der Waals surface area (Å²) < 4.78 is 4.68. The number of β-lactam (4-membered cyclic amide) rings is 1. The van der Waals surface area contributed by atoms with Crippen molar-refractivity contribution >= 4 is 35.3 Å². The van der Waals surface area contributed by atoms with E-state index in [4.69, 9.17) is 11.6 Å². The van der Waals surface area contributed by atoms with Gasteiger partial charge < -0.3 is 4.74 Å². The van der Waals surface area contributed by atoms with E-state index in [1.165, 1.54) is 19.2 Å². The van der Waals surface area contributed by atoms with Gasteiger partial charge in [-0.05, 0) is 31.6 Å². The third kappa shape index (κ3) is 2.34. The standard InChI is InChI=1S/C17H15ClN2O5/c1-8(2)11(17(24)25-3)19-13(18)12(16(19)23)20-14(21)9-6-4-5-7-10(9)15(20)22/h4-7,12-13H,1-3H3/t12-,13?/m0/s1. The van der Waals surface area contributed by atoms with Gasteiger partial charge in [0, 0.05) is 0 Å². The lowest BCUT2D eigenvalue weighted by Gasteiger charge is -2.46. The van der Waals surface area contributed by atoms with E-state index in [0.29, 0.717) is 5.57 Å². The summed E-state index contributed by atoms with van der Waals surface area (Å²) in [6.45, 7) is 3.27. The van der Waals surface area contributed by atoms with Crippen LogP contribution in [-0.2, 0) is 14.3 Å². The summed E-state index contributed by atoms with van der Waals surface area (Å²) in [7, 11) is 1.19. The number of ether oxygens (including phenoxy) is 1. The fourth-order valence-electron chi connectivity index (χ4n) is 3.01. The van der Waals surface area contributed by atoms with Gasteiger partial charge in [0.1, 0.15) is 11.2 Å². The van der Waals surface area contributed by atoms with E-state index in [-0.39, 0.29) is 16.8 Å². The number of allylic oxidation sites excluding steroid dienone is 1. The summed E-state index contributed by atoms with van der Waals surface area (Å²) in [5.41, 5.74) is -0.0261. The number of rotatable bonds is 3. The van der Waals surface area contributed by atoms with Crippen molar-refractivity contribution in [2.24, 2.45) is 0 Å². The van der Waals surface area contributed by atoms with Crippen LogP contribution in [0, 0.1) is 0 Å². The van der Waals surface area contributed by atoms with E-state index < -0.39 is 35.2 Å². The molecule has 25 heavy (non-hydrogen) atoms. The minimum atomic E-state index is -1.16. The predicted molar refractivity (Wildman–Crippen MR) is 87.6 cm³/mol. The molecule has 1 aromatic rings. The smallest absolute Gasteiger partial charge is 0.354 e. The first-order valence-electron chi connectivity index (χ1n) is 7.51. The fourth-order valence-corrected chi connectivity index (χ4v) is 3.42. The number of hydrogen-bond acceptors (Lipinski definition) is 5. The first-order valence-corrected chi connectivity index (χ1v) is 7.94. The Labute approximate surface area is 148 Å². The van der Waals surface area contributed by atoms with Crippen LogP contribution in [0.1, 0.15) is 34.6 Å². The SMILES string of the molecule is COC(=O)C(=C(C)C)N1C(=O)[C@@H](N2C(=O)c3ccccc3C2=O)C1Cl. The van der Waals surface area contributed by atoms with Crippen molar-refractivity contribution in [3.8, 4) is 0 Å². The highest BCUT2D eigenvalue weighted by Crippen LogP contribution is 2.37. The Bertz CT molecular complexity index is 808. The van der Waals surface area contributed by atoms with Gasteiger partial charge in [-0.2, -0.15) is 0 Å². The first kappa shape index (κ1) is 17.2. The lowest BCUT2D eigenvalue weighted by Crippen LogP contribution is -2.69. The summed E-state index contributed by atoms with van der Waals surface area (Å²) in [6.07, 6.45) is 0. The minimum absolute atomic E-state index is 0.0142. The van der Waals surface area contributed by atoms with Crippen LogP contribution in [-0.4, -0.2) is 52.1 Å². The Kier molecular flexibility index (Phi) is 4.12. The maximum Gasteiger partial charge on any atom is 0.354 e. The van der Waals surface area contributed by atoms with Crippen LogP contribution in [0.3, 0.4) is 0 Å². The van der Waals surface area contributed by atoms with Gasteiger partial charge >= 0.3 is 5.97 Å². The second kappa shape index (κ2) is 6.00. The Morgan fingerprint density at radius 1 is 1.08 bits per heavy atom. The fraction of sp³-hybridized carbons (Fsp3) is 0.294. The van der Waals surface area contributed by atoms with Gasteiger partial charge in [-0.25, -0.2) is 4.79 Å². The highest BCUT2D eigenvalue weighted by atomic mass is 35.5. The molecule has 0 N–H and O–H groups in total. The quantitative estimate of drug-likeness (QED) is 0.203. The highest BCUT2D eigenvalue weighted by Gasteiger charge is 2.57. The minimum Gasteiger partial charge on any atom is -0.464 e. The van der Waals surface area contributed by atoms with Gasteiger partial charge in [0.25, 0.3) is 17.7 Å². The topological polar surface area (TPSA) is 84.0 Å². The number of benzene rings is 1. The predicted octanol–water partition coefficient (Wildman–Crippen LogP) is 1.53.